The number of anilines is 1. The minimum Gasteiger partial charge on any atom is -0.452 e. The van der Waals surface area contributed by atoms with Gasteiger partial charge in [-0.3, -0.25) is 4.79 Å². The highest BCUT2D eigenvalue weighted by atomic mass is 19.1. The van der Waals surface area contributed by atoms with Gasteiger partial charge in [0.05, 0.1) is 5.56 Å². The molecule has 0 saturated heterocycles. The van der Waals surface area contributed by atoms with E-state index in [1.54, 1.807) is 25.1 Å². The van der Waals surface area contributed by atoms with E-state index in [4.69, 9.17) is 4.74 Å². The number of halogens is 1. The predicted molar refractivity (Wildman–Crippen MR) is 74.3 cm³/mol. The first-order valence-corrected chi connectivity index (χ1v) is 6.21. The van der Waals surface area contributed by atoms with Crippen molar-refractivity contribution in [2.24, 2.45) is 0 Å². The molecule has 1 N–H and O–H groups in total. The van der Waals surface area contributed by atoms with Crippen LogP contribution in [0.25, 0.3) is 0 Å². The number of nitrogens with zero attached hydrogens (tertiary/aromatic N) is 1. The summed E-state index contributed by atoms with van der Waals surface area (Å²) in [4.78, 5) is 27.3. The second kappa shape index (κ2) is 6.60. The molecule has 0 radical (unpaired) electrons. The first kappa shape index (κ1) is 14.6. The molecule has 0 saturated carbocycles. The van der Waals surface area contributed by atoms with Gasteiger partial charge in [-0.1, -0.05) is 18.2 Å². The van der Waals surface area contributed by atoms with Crippen LogP contribution in [0.15, 0.2) is 42.5 Å². The average molecular weight is 288 g/mol. The lowest BCUT2D eigenvalue weighted by molar-refractivity contribution is -0.119. The molecule has 0 aliphatic rings. The molecule has 0 aliphatic heterocycles. The van der Waals surface area contributed by atoms with E-state index in [-0.39, 0.29) is 5.56 Å². The number of nitrogens with one attached hydrogen (secondary N) is 1. The number of rotatable bonds is 4. The molecule has 1 heterocycles. The molecule has 108 valence electrons. The highest BCUT2D eigenvalue weighted by Gasteiger charge is 2.14. The van der Waals surface area contributed by atoms with Crippen molar-refractivity contribution < 1.29 is 18.7 Å². The largest absolute Gasteiger partial charge is 0.452 e. The Bertz CT molecular complexity index is 673. The third kappa shape index (κ3) is 4.10. The van der Waals surface area contributed by atoms with Crippen molar-refractivity contribution in [1.29, 1.82) is 0 Å². The summed E-state index contributed by atoms with van der Waals surface area (Å²) >= 11 is 0. The van der Waals surface area contributed by atoms with Gasteiger partial charge in [-0.15, -0.1) is 0 Å². The van der Waals surface area contributed by atoms with E-state index in [9.17, 15) is 14.0 Å². The number of carbonyl (C=O) groups excluding carboxylic acids is 2. The van der Waals surface area contributed by atoms with Gasteiger partial charge in [-0.25, -0.2) is 14.2 Å². The van der Waals surface area contributed by atoms with Crippen LogP contribution in [-0.4, -0.2) is 23.5 Å². The Balaban J connectivity index is 1.90. The number of pyridine rings is 1. The Hall–Kier alpha value is -2.76. The smallest absolute Gasteiger partial charge is 0.341 e. The van der Waals surface area contributed by atoms with E-state index >= 15 is 0 Å². The van der Waals surface area contributed by atoms with E-state index in [0.717, 1.165) is 11.8 Å². The zero-order chi connectivity index (χ0) is 15.2. The van der Waals surface area contributed by atoms with Gasteiger partial charge in [0.25, 0.3) is 5.91 Å². The van der Waals surface area contributed by atoms with Crippen LogP contribution in [0, 0.1) is 12.7 Å². The normalized spacial score (nSPS) is 10.0. The summed E-state index contributed by atoms with van der Waals surface area (Å²) in [5.41, 5.74) is 0.537. The quantitative estimate of drug-likeness (QED) is 0.877. The lowest BCUT2D eigenvalue weighted by Gasteiger charge is -2.07. The third-order valence-corrected chi connectivity index (χ3v) is 2.58. The van der Waals surface area contributed by atoms with Crippen LogP contribution in [0.1, 0.15) is 16.1 Å². The van der Waals surface area contributed by atoms with Gasteiger partial charge in [0.15, 0.2) is 6.61 Å². The Morgan fingerprint density at radius 2 is 1.95 bits per heavy atom. The first-order valence-electron chi connectivity index (χ1n) is 6.21. The number of amides is 1. The summed E-state index contributed by atoms with van der Waals surface area (Å²) < 4.78 is 18.1. The number of carbonyl (C=O) groups is 2. The lowest BCUT2D eigenvalue weighted by atomic mass is 10.2. The number of aromatic nitrogens is 1. The molecule has 0 aliphatic carbocycles. The maximum Gasteiger partial charge on any atom is 0.341 e. The van der Waals surface area contributed by atoms with Crippen LogP contribution in [0.3, 0.4) is 0 Å². The second-order valence-corrected chi connectivity index (χ2v) is 4.27. The van der Waals surface area contributed by atoms with E-state index in [0.29, 0.717) is 5.82 Å². The predicted octanol–water partition coefficient (Wildman–Crippen LogP) is 2.32. The van der Waals surface area contributed by atoms with Crippen molar-refractivity contribution in [3.05, 3.63) is 59.5 Å². The monoisotopic (exact) mass is 288 g/mol. The molecule has 0 atom stereocenters. The SMILES string of the molecule is Cc1cccc(NC(=O)COC(=O)c2ccccc2F)n1. The lowest BCUT2D eigenvalue weighted by Crippen LogP contribution is -2.21. The van der Waals surface area contributed by atoms with Crippen molar-refractivity contribution in [3.63, 3.8) is 0 Å². The topological polar surface area (TPSA) is 68.3 Å². The van der Waals surface area contributed by atoms with Gasteiger partial charge in [-0.05, 0) is 31.2 Å². The van der Waals surface area contributed by atoms with Crippen LogP contribution in [0.4, 0.5) is 10.2 Å². The van der Waals surface area contributed by atoms with Crippen molar-refractivity contribution in [2.75, 3.05) is 11.9 Å². The van der Waals surface area contributed by atoms with Gasteiger partial charge in [-0.2, -0.15) is 0 Å². The minimum absolute atomic E-state index is 0.209. The molecule has 21 heavy (non-hydrogen) atoms. The average Bonchev–Trinajstić information content (AvgIpc) is 2.45. The number of ether oxygens (including phenoxy) is 1. The number of hydrogen-bond acceptors (Lipinski definition) is 4. The van der Waals surface area contributed by atoms with Crippen molar-refractivity contribution in [3.8, 4) is 0 Å². The van der Waals surface area contributed by atoms with Crippen molar-refractivity contribution in [1.82, 2.24) is 4.98 Å². The zero-order valence-corrected chi connectivity index (χ0v) is 11.3. The van der Waals surface area contributed by atoms with Gasteiger partial charge < -0.3 is 10.1 Å². The van der Waals surface area contributed by atoms with Crippen LogP contribution < -0.4 is 5.32 Å². The summed E-state index contributed by atoms with van der Waals surface area (Å²) in [6, 6.07) is 10.5. The number of hydrogen-bond donors (Lipinski definition) is 1. The molecular weight excluding hydrogens is 275 g/mol. The Morgan fingerprint density at radius 3 is 2.67 bits per heavy atom. The second-order valence-electron chi connectivity index (χ2n) is 4.27. The summed E-state index contributed by atoms with van der Waals surface area (Å²) in [5.74, 6) is -1.76. The molecular formula is C15H13FN2O3. The van der Waals surface area contributed by atoms with E-state index in [2.05, 4.69) is 10.3 Å². The number of esters is 1. The maximum atomic E-state index is 13.3. The maximum absolute atomic E-state index is 13.3. The molecule has 0 spiro atoms. The number of benzene rings is 1. The van der Waals surface area contributed by atoms with Gasteiger partial charge in [0.1, 0.15) is 11.6 Å². The van der Waals surface area contributed by atoms with E-state index < -0.39 is 24.3 Å². The highest BCUT2D eigenvalue weighted by molar-refractivity contribution is 5.95. The molecule has 0 fully saturated rings. The van der Waals surface area contributed by atoms with Crippen LogP contribution in [0.2, 0.25) is 0 Å². The Morgan fingerprint density at radius 1 is 1.19 bits per heavy atom. The van der Waals surface area contributed by atoms with Gasteiger partial charge in [0.2, 0.25) is 0 Å². The minimum atomic E-state index is -0.888. The standard InChI is InChI=1S/C15H13FN2O3/c1-10-5-4-8-13(17-10)18-14(19)9-21-15(20)11-6-2-3-7-12(11)16/h2-8H,9H2,1H3,(H,17,18,19). The summed E-state index contributed by atoms with van der Waals surface area (Å²) in [6.07, 6.45) is 0. The number of aryl methyl sites for hydroxylation is 1. The van der Waals surface area contributed by atoms with E-state index in [1.807, 2.05) is 0 Å². The van der Waals surface area contributed by atoms with E-state index in [1.165, 1.54) is 18.2 Å². The van der Waals surface area contributed by atoms with Gasteiger partial charge in [0, 0.05) is 5.69 Å². The van der Waals surface area contributed by atoms with Crippen molar-refractivity contribution in [2.45, 2.75) is 6.92 Å². The zero-order valence-electron chi connectivity index (χ0n) is 11.3. The fraction of sp³-hybridized carbons (Fsp3) is 0.133. The van der Waals surface area contributed by atoms with Gasteiger partial charge >= 0.3 is 5.97 Å². The molecule has 1 aromatic heterocycles. The fourth-order valence-electron chi connectivity index (χ4n) is 1.63. The molecule has 1 aromatic carbocycles. The van der Waals surface area contributed by atoms with Crippen LogP contribution in [0.5, 0.6) is 0 Å². The third-order valence-electron chi connectivity index (χ3n) is 2.58. The molecule has 6 heteroatoms. The highest BCUT2D eigenvalue weighted by Crippen LogP contribution is 2.08. The van der Waals surface area contributed by atoms with Crippen LogP contribution >= 0.6 is 0 Å². The molecule has 2 aromatic rings. The Kier molecular flexibility index (Phi) is 4.61. The molecule has 1 amide bonds. The van der Waals surface area contributed by atoms with Crippen molar-refractivity contribution >= 4 is 17.7 Å². The molecule has 5 nitrogen and oxygen atoms in total. The first-order chi connectivity index (χ1) is 10.1. The molecule has 0 unspecified atom stereocenters. The molecule has 2 rings (SSSR count). The Labute approximate surface area is 120 Å². The summed E-state index contributed by atoms with van der Waals surface area (Å²) in [5, 5.41) is 2.48. The fourth-order valence-corrected chi connectivity index (χ4v) is 1.63. The summed E-state index contributed by atoms with van der Waals surface area (Å²) in [6.45, 7) is 1.27. The summed E-state index contributed by atoms with van der Waals surface area (Å²) in [7, 11) is 0. The molecule has 0 bridgehead atoms. The van der Waals surface area contributed by atoms with Crippen LogP contribution in [-0.2, 0) is 9.53 Å².